The molecule has 0 aromatic heterocycles. The summed E-state index contributed by atoms with van der Waals surface area (Å²) >= 11 is 0. The zero-order chi connectivity index (χ0) is 21.1. The lowest BCUT2D eigenvalue weighted by molar-refractivity contribution is 0.0747. The molecule has 30 heavy (non-hydrogen) atoms. The highest BCUT2D eigenvalue weighted by molar-refractivity contribution is 5.89. The van der Waals surface area contributed by atoms with Crippen LogP contribution in [0, 0.1) is 23.0 Å². The highest BCUT2D eigenvalue weighted by Crippen LogP contribution is 2.30. The quantitative estimate of drug-likeness (QED) is 0.815. The van der Waals surface area contributed by atoms with Crippen LogP contribution in [0.1, 0.15) is 18.4 Å². The van der Waals surface area contributed by atoms with Crippen molar-refractivity contribution in [2.24, 2.45) is 0 Å². The van der Waals surface area contributed by atoms with E-state index in [9.17, 15) is 13.6 Å². The molecule has 2 bridgehead atoms. The SMILES string of the molecule is N#Cc1ccc(OCCN2C3CCC2CN(C(=O)Nc2ccc(F)c(F)c2)C3)cc1. The van der Waals surface area contributed by atoms with Gasteiger partial charge in [0.1, 0.15) is 12.4 Å². The van der Waals surface area contributed by atoms with Gasteiger partial charge in [-0.25, -0.2) is 13.6 Å². The lowest BCUT2D eigenvalue weighted by atomic mass is 10.2. The highest BCUT2D eigenvalue weighted by atomic mass is 19.2. The number of hydrogen-bond acceptors (Lipinski definition) is 4. The first kappa shape index (κ1) is 20.1. The molecule has 6 nitrogen and oxygen atoms in total. The van der Waals surface area contributed by atoms with Crippen molar-refractivity contribution in [1.29, 1.82) is 5.26 Å². The first-order valence-corrected chi connectivity index (χ1v) is 9.93. The van der Waals surface area contributed by atoms with Crippen LogP contribution >= 0.6 is 0 Å². The summed E-state index contributed by atoms with van der Waals surface area (Å²) in [4.78, 5) is 16.7. The Morgan fingerprint density at radius 2 is 1.80 bits per heavy atom. The van der Waals surface area contributed by atoms with Crippen LogP contribution in [0.2, 0.25) is 0 Å². The molecule has 2 amide bonds. The van der Waals surface area contributed by atoms with E-state index in [4.69, 9.17) is 10.00 Å². The van der Waals surface area contributed by atoms with Crippen LogP contribution in [0.5, 0.6) is 5.75 Å². The summed E-state index contributed by atoms with van der Waals surface area (Å²) in [5, 5.41) is 11.5. The summed E-state index contributed by atoms with van der Waals surface area (Å²) < 4.78 is 32.2. The topological polar surface area (TPSA) is 68.6 Å². The Morgan fingerprint density at radius 1 is 1.10 bits per heavy atom. The molecule has 8 heteroatoms. The number of halogens is 2. The van der Waals surface area contributed by atoms with Gasteiger partial charge in [0.2, 0.25) is 0 Å². The summed E-state index contributed by atoms with van der Waals surface area (Å²) in [5.74, 6) is -1.20. The Labute approximate surface area is 173 Å². The number of amides is 2. The normalized spacial score (nSPS) is 20.6. The molecule has 2 heterocycles. The van der Waals surface area contributed by atoms with Gasteiger partial charge in [-0.2, -0.15) is 5.26 Å². The summed E-state index contributed by atoms with van der Waals surface area (Å²) in [6.07, 6.45) is 2.02. The maximum atomic E-state index is 13.4. The van der Waals surface area contributed by atoms with E-state index in [-0.39, 0.29) is 23.8 Å². The number of piperazine rings is 1. The third-order valence-corrected chi connectivity index (χ3v) is 5.69. The summed E-state index contributed by atoms with van der Waals surface area (Å²) in [7, 11) is 0. The summed E-state index contributed by atoms with van der Waals surface area (Å²) in [6.45, 7) is 2.46. The molecule has 2 unspecified atom stereocenters. The van der Waals surface area contributed by atoms with E-state index in [1.165, 1.54) is 6.07 Å². The second-order valence-corrected chi connectivity index (χ2v) is 7.57. The van der Waals surface area contributed by atoms with Crippen LogP contribution in [-0.2, 0) is 0 Å². The van der Waals surface area contributed by atoms with Crippen molar-refractivity contribution in [3.05, 3.63) is 59.7 Å². The molecule has 0 radical (unpaired) electrons. The van der Waals surface area contributed by atoms with Crippen molar-refractivity contribution < 1.29 is 18.3 Å². The maximum Gasteiger partial charge on any atom is 0.321 e. The first-order valence-electron chi connectivity index (χ1n) is 9.93. The standard InChI is InChI=1S/C22H22F2N4O2/c23-20-8-3-16(11-21(20)24)26-22(29)27-13-17-4-5-18(14-27)28(17)9-10-30-19-6-1-15(12-25)2-7-19/h1-3,6-8,11,17-18H,4-5,9-10,13-14H2,(H,26,29). The number of likely N-dealkylation sites (tertiary alicyclic amines) is 1. The van der Waals surface area contributed by atoms with Crippen LogP contribution < -0.4 is 10.1 Å². The predicted molar refractivity (Wildman–Crippen MR) is 107 cm³/mol. The van der Waals surface area contributed by atoms with Crippen LogP contribution in [0.3, 0.4) is 0 Å². The summed E-state index contributed by atoms with van der Waals surface area (Å²) in [5.41, 5.74) is 0.836. The van der Waals surface area contributed by atoms with Crippen molar-refractivity contribution in [2.45, 2.75) is 24.9 Å². The Kier molecular flexibility index (Phi) is 5.81. The molecule has 0 spiro atoms. The van der Waals surface area contributed by atoms with Gasteiger partial charge in [-0.3, -0.25) is 4.90 Å². The molecule has 2 saturated heterocycles. The number of fused-ring (bicyclic) bond motifs is 2. The fourth-order valence-corrected chi connectivity index (χ4v) is 4.19. The fourth-order valence-electron chi connectivity index (χ4n) is 4.19. The minimum absolute atomic E-state index is 0.240. The number of urea groups is 1. The molecule has 4 rings (SSSR count). The minimum atomic E-state index is -0.986. The average molecular weight is 412 g/mol. The Hall–Kier alpha value is -3.18. The molecule has 2 fully saturated rings. The fraction of sp³-hybridized carbons (Fsp3) is 0.364. The summed E-state index contributed by atoms with van der Waals surface area (Å²) in [6, 6.07) is 12.6. The van der Waals surface area contributed by atoms with Crippen molar-refractivity contribution in [2.75, 3.05) is 31.6 Å². The Balaban J connectivity index is 1.28. The van der Waals surface area contributed by atoms with Gasteiger partial charge >= 0.3 is 6.03 Å². The molecule has 2 aromatic rings. The van der Waals surface area contributed by atoms with E-state index in [1.807, 2.05) is 0 Å². The Morgan fingerprint density at radius 3 is 2.43 bits per heavy atom. The maximum absolute atomic E-state index is 13.4. The lowest BCUT2D eigenvalue weighted by Crippen LogP contribution is -2.56. The zero-order valence-electron chi connectivity index (χ0n) is 16.4. The second kappa shape index (κ2) is 8.67. The number of nitrogens with zero attached hydrogens (tertiary/aromatic N) is 3. The Bertz CT molecular complexity index is 947. The number of carbonyl (C=O) groups excluding carboxylic acids is 1. The van der Waals surface area contributed by atoms with Gasteiger partial charge < -0.3 is 15.0 Å². The van der Waals surface area contributed by atoms with E-state index < -0.39 is 11.6 Å². The molecule has 1 N–H and O–H groups in total. The predicted octanol–water partition coefficient (Wildman–Crippen LogP) is 3.60. The molecule has 2 atom stereocenters. The van der Waals surface area contributed by atoms with Gasteiger partial charge in [-0.1, -0.05) is 0 Å². The van der Waals surface area contributed by atoms with Gasteiger partial charge in [-0.15, -0.1) is 0 Å². The van der Waals surface area contributed by atoms with Crippen LogP contribution in [0.15, 0.2) is 42.5 Å². The molecule has 2 aromatic carbocycles. The van der Waals surface area contributed by atoms with Gasteiger partial charge in [-0.05, 0) is 49.2 Å². The molecule has 2 aliphatic rings. The van der Waals surface area contributed by atoms with E-state index in [2.05, 4.69) is 16.3 Å². The average Bonchev–Trinajstić information content (AvgIpc) is 2.98. The van der Waals surface area contributed by atoms with Crippen LogP contribution in [0.4, 0.5) is 19.3 Å². The monoisotopic (exact) mass is 412 g/mol. The number of hydrogen-bond donors (Lipinski definition) is 1. The highest BCUT2D eigenvalue weighted by Gasteiger charge is 2.41. The van der Waals surface area contributed by atoms with E-state index in [0.717, 1.165) is 37.3 Å². The number of nitriles is 1. The smallest absolute Gasteiger partial charge is 0.321 e. The molecule has 2 aliphatic heterocycles. The molecular formula is C22H22F2N4O2. The van der Waals surface area contributed by atoms with Gasteiger partial charge in [0.05, 0.1) is 11.6 Å². The van der Waals surface area contributed by atoms with Gasteiger partial charge in [0.25, 0.3) is 0 Å². The van der Waals surface area contributed by atoms with Crippen molar-refractivity contribution >= 4 is 11.7 Å². The number of anilines is 1. The first-order chi connectivity index (χ1) is 14.5. The largest absolute Gasteiger partial charge is 0.492 e. The molecule has 0 aliphatic carbocycles. The zero-order valence-corrected chi connectivity index (χ0v) is 16.4. The van der Waals surface area contributed by atoms with Gasteiger partial charge in [0, 0.05) is 43.5 Å². The third kappa shape index (κ3) is 4.36. The number of carbonyl (C=O) groups is 1. The molecule has 156 valence electrons. The van der Waals surface area contributed by atoms with Crippen LogP contribution in [0.25, 0.3) is 0 Å². The van der Waals surface area contributed by atoms with E-state index in [1.54, 1.807) is 29.2 Å². The number of nitrogens with one attached hydrogen (secondary N) is 1. The number of benzene rings is 2. The van der Waals surface area contributed by atoms with E-state index >= 15 is 0 Å². The van der Waals surface area contributed by atoms with Crippen molar-refractivity contribution in [1.82, 2.24) is 9.80 Å². The molecule has 0 saturated carbocycles. The third-order valence-electron chi connectivity index (χ3n) is 5.69. The van der Waals surface area contributed by atoms with Crippen molar-refractivity contribution in [3.8, 4) is 11.8 Å². The van der Waals surface area contributed by atoms with Crippen LogP contribution in [-0.4, -0.2) is 54.2 Å². The number of ether oxygens (including phenoxy) is 1. The second-order valence-electron chi connectivity index (χ2n) is 7.57. The van der Waals surface area contributed by atoms with Gasteiger partial charge in [0.15, 0.2) is 11.6 Å². The van der Waals surface area contributed by atoms with Crippen molar-refractivity contribution in [3.63, 3.8) is 0 Å². The lowest BCUT2D eigenvalue weighted by Gasteiger charge is -2.40. The minimum Gasteiger partial charge on any atom is -0.492 e. The number of rotatable bonds is 5. The molecular weight excluding hydrogens is 390 g/mol. The van der Waals surface area contributed by atoms with E-state index in [0.29, 0.717) is 25.3 Å².